The second-order valence-electron chi connectivity index (χ2n) is 8.22. The molecule has 0 saturated heterocycles. The molecule has 31 heavy (non-hydrogen) atoms. The fourth-order valence-electron chi connectivity index (χ4n) is 3.57. The maximum absolute atomic E-state index is 12.4. The third kappa shape index (κ3) is 4.92. The molecule has 0 radical (unpaired) electrons. The van der Waals surface area contributed by atoms with Crippen LogP contribution in [-0.4, -0.2) is 10.9 Å². The number of carbonyl (C=O) groups excluding carboxylic acids is 1. The van der Waals surface area contributed by atoms with Crippen molar-refractivity contribution in [3.63, 3.8) is 0 Å². The average Bonchev–Trinajstić information content (AvgIpc) is 3.15. The molecule has 0 spiro atoms. The van der Waals surface area contributed by atoms with Crippen molar-refractivity contribution in [2.24, 2.45) is 0 Å². The van der Waals surface area contributed by atoms with Crippen molar-refractivity contribution in [3.05, 3.63) is 89.0 Å². The summed E-state index contributed by atoms with van der Waals surface area (Å²) in [5.74, 6) is 0.878. The van der Waals surface area contributed by atoms with E-state index >= 15 is 0 Å². The molecule has 1 aromatic heterocycles. The number of rotatable bonds is 5. The van der Waals surface area contributed by atoms with Crippen molar-refractivity contribution < 1.29 is 9.21 Å². The number of hydrogen-bond acceptors (Lipinski definition) is 3. The molecule has 0 saturated carbocycles. The second-order valence-corrected chi connectivity index (χ2v) is 8.22. The van der Waals surface area contributed by atoms with Gasteiger partial charge in [-0.05, 0) is 67.3 Å². The summed E-state index contributed by atoms with van der Waals surface area (Å²) >= 11 is 0. The maximum atomic E-state index is 12.4. The SMILES string of the molecule is Cc1cc(C)cc(-c2nc3cc(NC(=O)C=Cc4ccc(C(C)C)cc4)ccc3o2)c1. The van der Waals surface area contributed by atoms with E-state index in [1.807, 2.05) is 36.4 Å². The Kier molecular flexibility index (Phi) is 5.72. The van der Waals surface area contributed by atoms with Gasteiger partial charge >= 0.3 is 0 Å². The van der Waals surface area contributed by atoms with Crippen molar-refractivity contribution in [2.45, 2.75) is 33.6 Å². The smallest absolute Gasteiger partial charge is 0.248 e. The lowest BCUT2D eigenvalue weighted by Crippen LogP contribution is -2.07. The number of benzene rings is 3. The highest BCUT2D eigenvalue weighted by Crippen LogP contribution is 2.27. The minimum Gasteiger partial charge on any atom is -0.436 e. The molecular formula is C27H26N2O2. The van der Waals surface area contributed by atoms with Crippen molar-refractivity contribution in [1.29, 1.82) is 0 Å². The molecule has 0 atom stereocenters. The first-order valence-corrected chi connectivity index (χ1v) is 10.5. The number of amides is 1. The molecule has 4 rings (SSSR count). The number of anilines is 1. The van der Waals surface area contributed by atoms with Gasteiger partial charge in [0.2, 0.25) is 11.8 Å². The molecule has 156 valence electrons. The highest BCUT2D eigenvalue weighted by molar-refractivity contribution is 6.02. The Morgan fingerprint density at radius 2 is 1.68 bits per heavy atom. The van der Waals surface area contributed by atoms with Gasteiger partial charge < -0.3 is 9.73 Å². The molecule has 1 N–H and O–H groups in total. The van der Waals surface area contributed by atoms with Crippen LogP contribution in [0.5, 0.6) is 0 Å². The van der Waals surface area contributed by atoms with Gasteiger partial charge in [0.05, 0.1) is 0 Å². The molecule has 0 fully saturated rings. The summed E-state index contributed by atoms with van der Waals surface area (Å²) in [4.78, 5) is 17.0. The van der Waals surface area contributed by atoms with E-state index in [1.165, 1.54) is 5.56 Å². The number of carbonyl (C=O) groups is 1. The Morgan fingerprint density at radius 3 is 2.35 bits per heavy atom. The highest BCUT2D eigenvalue weighted by Gasteiger charge is 2.10. The Balaban J connectivity index is 1.48. The number of fused-ring (bicyclic) bond motifs is 1. The van der Waals surface area contributed by atoms with Gasteiger partial charge in [-0.25, -0.2) is 4.98 Å². The number of nitrogens with zero attached hydrogens (tertiary/aromatic N) is 1. The van der Waals surface area contributed by atoms with Crippen molar-refractivity contribution in [3.8, 4) is 11.5 Å². The van der Waals surface area contributed by atoms with E-state index in [-0.39, 0.29) is 5.91 Å². The molecule has 0 aliphatic rings. The van der Waals surface area contributed by atoms with Crippen molar-refractivity contribution in [2.75, 3.05) is 5.32 Å². The lowest BCUT2D eigenvalue weighted by Gasteiger charge is -2.04. The molecule has 3 aromatic carbocycles. The monoisotopic (exact) mass is 410 g/mol. The van der Waals surface area contributed by atoms with Crippen LogP contribution < -0.4 is 5.32 Å². The van der Waals surface area contributed by atoms with E-state index in [0.717, 1.165) is 22.3 Å². The van der Waals surface area contributed by atoms with Crippen LogP contribution in [0, 0.1) is 13.8 Å². The van der Waals surface area contributed by atoms with Crippen LogP contribution in [0.3, 0.4) is 0 Å². The lowest BCUT2D eigenvalue weighted by atomic mass is 10.0. The number of aryl methyl sites for hydroxylation is 2. The normalized spacial score (nSPS) is 11.5. The van der Waals surface area contributed by atoms with E-state index in [9.17, 15) is 4.79 Å². The Morgan fingerprint density at radius 1 is 0.968 bits per heavy atom. The van der Waals surface area contributed by atoms with E-state index in [1.54, 1.807) is 6.08 Å². The molecule has 1 heterocycles. The molecular weight excluding hydrogens is 384 g/mol. The average molecular weight is 411 g/mol. The Bertz CT molecular complexity index is 1240. The fraction of sp³-hybridized carbons (Fsp3) is 0.185. The van der Waals surface area contributed by atoms with Gasteiger partial charge in [0.15, 0.2) is 5.58 Å². The molecule has 4 heteroatoms. The third-order valence-electron chi connectivity index (χ3n) is 5.15. The molecule has 4 nitrogen and oxygen atoms in total. The van der Waals surface area contributed by atoms with Crippen molar-refractivity contribution in [1.82, 2.24) is 4.98 Å². The van der Waals surface area contributed by atoms with E-state index < -0.39 is 0 Å². The van der Waals surface area contributed by atoms with Gasteiger partial charge in [-0.15, -0.1) is 0 Å². The van der Waals surface area contributed by atoms with Crippen LogP contribution in [0.25, 0.3) is 28.6 Å². The molecule has 4 aromatic rings. The number of aromatic nitrogens is 1. The van der Waals surface area contributed by atoms with Crippen LogP contribution in [-0.2, 0) is 4.79 Å². The summed E-state index contributed by atoms with van der Waals surface area (Å²) in [6.45, 7) is 8.43. The predicted molar refractivity (Wildman–Crippen MR) is 127 cm³/mol. The van der Waals surface area contributed by atoms with Crippen molar-refractivity contribution >= 4 is 28.8 Å². The summed E-state index contributed by atoms with van der Waals surface area (Å²) in [6.07, 6.45) is 3.35. The molecule has 0 unspecified atom stereocenters. The zero-order chi connectivity index (χ0) is 22.0. The fourth-order valence-corrected chi connectivity index (χ4v) is 3.57. The first kappa shape index (κ1) is 20.6. The van der Waals surface area contributed by atoms with Gasteiger partial charge in [0.1, 0.15) is 5.52 Å². The van der Waals surface area contributed by atoms with Gasteiger partial charge in [-0.1, -0.05) is 55.3 Å². The molecule has 0 bridgehead atoms. The summed E-state index contributed by atoms with van der Waals surface area (Å²) in [7, 11) is 0. The second kappa shape index (κ2) is 8.60. The van der Waals surface area contributed by atoms with Crippen LogP contribution in [0.15, 0.2) is 71.2 Å². The number of hydrogen-bond donors (Lipinski definition) is 1. The Labute approximate surface area is 182 Å². The Hall–Kier alpha value is -3.66. The first-order valence-electron chi connectivity index (χ1n) is 10.5. The van der Waals surface area contributed by atoms with E-state index in [2.05, 4.69) is 68.3 Å². The van der Waals surface area contributed by atoms with Gasteiger partial charge in [0.25, 0.3) is 0 Å². The van der Waals surface area contributed by atoms with Gasteiger partial charge in [-0.3, -0.25) is 4.79 Å². The number of oxazole rings is 1. The van der Waals surface area contributed by atoms with E-state index in [4.69, 9.17) is 4.42 Å². The summed E-state index contributed by atoms with van der Waals surface area (Å²) < 4.78 is 5.92. The summed E-state index contributed by atoms with van der Waals surface area (Å²) in [5.41, 5.74) is 7.62. The molecule has 0 aliphatic carbocycles. The first-order chi connectivity index (χ1) is 14.9. The minimum absolute atomic E-state index is 0.190. The standard InChI is InChI=1S/C27H26N2O2/c1-17(2)21-8-5-20(6-9-21)7-12-26(30)28-23-10-11-25-24(16-23)29-27(31-25)22-14-18(3)13-19(4)15-22/h5-17H,1-4H3,(H,28,30). The predicted octanol–water partition coefficient (Wildman–Crippen LogP) is 6.89. The zero-order valence-corrected chi connectivity index (χ0v) is 18.3. The van der Waals surface area contributed by atoms with E-state index in [0.29, 0.717) is 28.6 Å². The minimum atomic E-state index is -0.190. The zero-order valence-electron chi connectivity index (χ0n) is 18.3. The van der Waals surface area contributed by atoms with Gasteiger partial charge in [0, 0.05) is 17.3 Å². The van der Waals surface area contributed by atoms with Gasteiger partial charge in [-0.2, -0.15) is 0 Å². The van der Waals surface area contributed by atoms with Crippen LogP contribution in [0.4, 0.5) is 5.69 Å². The summed E-state index contributed by atoms with van der Waals surface area (Å²) in [6, 6.07) is 19.9. The lowest BCUT2D eigenvalue weighted by molar-refractivity contribution is -0.111. The molecule has 1 amide bonds. The maximum Gasteiger partial charge on any atom is 0.248 e. The molecule has 0 aliphatic heterocycles. The topological polar surface area (TPSA) is 55.1 Å². The third-order valence-corrected chi connectivity index (χ3v) is 5.15. The quantitative estimate of drug-likeness (QED) is 0.365. The van der Waals surface area contributed by atoms with Crippen LogP contribution >= 0.6 is 0 Å². The highest BCUT2D eigenvalue weighted by atomic mass is 16.3. The number of nitrogens with one attached hydrogen (secondary N) is 1. The van der Waals surface area contributed by atoms with Crippen LogP contribution in [0.2, 0.25) is 0 Å². The largest absolute Gasteiger partial charge is 0.436 e. The summed E-state index contributed by atoms with van der Waals surface area (Å²) in [5, 5.41) is 2.89. The van der Waals surface area contributed by atoms with Crippen LogP contribution in [0.1, 0.15) is 42.0 Å².